The number of hydrogen-bond acceptors (Lipinski definition) is 2. The SMILES string of the molecule is CNc1c(F)cccc1C(=O)NCC1CC2CCC1C2. The van der Waals surface area contributed by atoms with Crippen molar-refractivity contribution in [3.63, 3.8) is 0 Å². The van der Waals surface area contributed by atoms with Crippen LogP contribution in [0.4, 0.5) is 10.1 Å². The molecular formula is C16H21FN2O. The van der Waals surface area contributed by atoms with Gasteiger partial charge in [-0.15, -0.1) is 0 Å². The highest BCUT2D eigenvalue weighted by Gasteiger charge is 2.39. The smallest absolute Gasteiger partial charge is 0.253 e. The van der Waals surface area contributed by atoms with E-state index in [0.717, 1.165) is 18.4 Å². The molecule has 4 heteroatoms. The zero-order chi connectivity index (χ0) is 14.1. The molecule has 2 fully saturated rings. The summed E-state index contributed by atoms with van der Waals surface area (Å²) in [6.07, 6.45) is 5.26. The first kappa shape index (κ1) is 13.4. The van der Waals surface area contributed by atoms with Crippen molar-refractivity contribution >= 4 is 11.6 Å². The molecule has 108 valence electrons. The zero-order valence-corrected chi connectivity index (χ0v) is 11.8. The number of benzene rings is 1. The fraction of sp³-hybridized carbons (Fsp3) is 0.562. The first-order chi connectivity index (χ1) is 9.69. The number of fused-ring (bicyclic) bond motifs is 2. The fourth-order valence-corrected chi connectivity index (χ4v) is 3.91. The summed E-state index contributed by atoms with van der Waals surface area (Å²) in [5.74, 6) is 1.71. The van der Waals surface area contributed by atoms with Gasteiger partial charge in [-0.05, 0) is 49.1 Å². The number of amides is 1. The Morgan fingerprint density at radius 3 is 2.85 bits per heavy atom. The Balaban J connectivity index is 1.63. The van der Waals surface area contributed by atoms with Gasteiger partial charge in [0.2, 0.25) is 0 Å². The first-order valence-corrected chi connectivity index (χ1v) is 7.43. The van der Waals surface area contributed by atoms with Crippen LogP contribution in [0.2, 0.25) is 0 Å². The topological polar surface area (TPSA) is 41.1 Å². The van der Waals surface area contributed by atoms with Crippen molar-refractivity contribution in [2.24, 2.45) is 17.8 Å². The van der Waals surface area contributed by atoms with Crippen molar-refractivity contribution in [2.45, 2.75) is 25.7 Å². The van der Waals surface area contributed by atoms with Gasteiger partial charge < -0.3 is 10.6 Å². The lowest BCUT2D eigenvalue weighted by molar-refractivity contribution is 0.0942. The molecule has 1 aromatic rings. The van der Waals surface area contributed by atoms with Crippen LogP contribution < -0.4 is 10.6 Å². The normalized spacial score (nSPS) is 27.6. The summed E-state index contributed by atoms with van der Waals surface area (Å²) in [6, 6.07) is 4.59. The van der Waals surface area contributed by atoms with Crippen molar-refractivity contribution in [1.29, 1.82) is 0 Å². The van der Waals surface area contributed by atoms with Gasteiger partial charge in [0.1, 0.15) is 5.82 Å². The number of anilines is 1. The van der Waals surface area contributed by atoms with E-state index in [-0.39, 0.29) is 17.4 Å². The maximum atomic E-state index is 13.6. The third-order valence-electron chi connectivity index (χ3n) is 4.92. The van der Waals surface area contributed by atoms with E-state index in [4.69, 9.17) is 0 Å². The minimum atomic E-state index is -0.389. The molecule has 1 aromatic carbocycles. The Hall–Kier alpha value is -1.58. The van der Waals surface area contributed by atoms with Crippen LogP contribution in [0, 0.1) is 23.6 Å². The van der Waals surface area contributed by atoms with Gasteiger partial charge in [-0.3, -0.25) is 4.79 Å². The van der Waals surface area contributed by atoms with Crippen LogP contribution in [-0.4, -0.2) is 19.5 Å². The lowest BCUT2D eigenvalue weighted by Gasteiger charge is -2.22. The molecule has 0 aliphatic heterocycles. The number of halogens is 1. The van der Waals surface area contributed by atoms with Crippen LogP contribution in [0.3, 0.4) is 0 Å². The predicted octanol–water partition coefficient (Wildman–Crippen LogP) is 3.03. The molecule has 0 radical (unpaired) electrons. The summed E-state index contributed by atoms with van der Waals surface area (Å²) in [5.41, 5.74) is 0.661. The van der Waals surface area contributed by atoms with Crippen LogP contribution in [0.15, 0.2) is 18.2 Å². The minimum absolute atomic E-state index is 0.184. The molecule has 2 saturated carbocycles. The molecule has 20 heavy (non-hydrogen) atoms. The summed E-state index contributed by atoms with van der Waals surface area (Å²) in [4.78, 5) is 12.2. The molecule has 3 rings (SSSR count). The molecule has 0 spiro atoms. The van der Waals surface area contributed by atoms with Gasteiger partial charge >= 0.3 is 0 Å². The van der Waals surface area contributed by atoms with E-state index >= 15 is 0 Å². The van der Waals surface area contributed by atoms with Crippen molar-refractivity contribution in [1.82, 2.24) is 5.32 Å². The van der Waals surface area contributed by atoms with Gasteiger partial charge in [0, 0.05) is 13.6 Å². The second kappa shape index (κ2) is 5.43. The number of nitrogens with one attached hydrogen (secondary N) is 2. The summed E-state index contributed by atoms with van der Waals surface area (Å²) in [7, 11) is 1.63. The molecule has 0 heterocycles. The van der Waals surface area contributed by atoms with Crippen LogP contribution in [0.1, 0.15) is 36.0 Å². The van der Waals surface area contributed by atoms with E-state index in [1.807, 2.05) is 0 Å². The standard InChI is InChI=1S/C16H21FN2O/c1-18-15-13(3-2-4-14(15)17)16(20)19-9-12-8-10-5-6-11(12)7-10/h2-4,10-12,18H,5-9H2,1H3,(H,19,20). The predicted molar refractivity (Wildman–Crippen MR) is 77.2 cm³/mol. The van der Waals surface area contributed by atoms with Crippen LogP contribution in [-0.2, 0) is 0 Å². The van der Waals surface area contributed by atoms with E-state index in [1.165, 1.54) is 31.7 Å². The monoisotopic (exact) mass is 276 g/mol. The number of para-hydroxylation sites is 1. The van der Waals surface area contributed by atoms with Crippen molar-refractivity contribution in [3.05, 3.63) is 29.6 Å². The molecule has 3 nitrogen and oxygen atoms in total. The van der Waals surface area contributed by atoms with Gasteiger partial charge in [0.15, 0.2) is 0 Å². The molecule has 3 unspecified atom stereocenters. The summed E-state index contributed by atoms with van der Waals surface area (Å²) in [5, 5.41) is 5.75. The molecule has 3 atom stereocenters. The maximum absolute atomic E-state index is 13.6. The zero-order valence-electron chi connectivity index (χ0n) is 11.8. The third kappa shape index (κ3) is 2.39. The average molecular weight is 276 g/mol. The van der Waals surface area contributed by atoms with Gasteiger partial charge in [-0.25, -0.2) is 4.39 Å². The molecule has 2 bridgehead atoms. The summed E-state index contributed by atoms with van der Waals surface area (Å²) < 4.78 is 13.6. The number of carbonyl (C=O) groups is 1. The molecular weight excluding hydrogens is 255 g/mol. The number of hydrogen-bond donors (Lipinski definition) is 2. The third-order valence-corrected chi connectivity index (χ3v) is 4.92. The Labute approximate surface area is 118 Å². The van der Waals surface area contributed by atoms with Crippen LogP contribution in [0.25, 0.3) is 0 Å². The second-order valence-electron chi connectivity index (χ2n) is 6.06. The molecule has 2 aliphatic rings. The average Bonchev–Trinajstić information content (AvgIpc) is 3.07. The summed E-state index contributed by atoms with van der Waals surface area (Å²) >= 11 is 0. The van der Waals surface area contributed by atoms with E-state index < -0.39 is 0 Å². The quantitative estimate of drug-likeness (QED) is 0.887. The van der Waals surface area contributed by atoms with Gasteiger partial charge in [-0.1, -0.05) is 12.5 Å². The van der Waals surface area contributed by atoms with Gasteiger partial charge in [0.05, 0.1) is 11.3 Å². The van der Waals surface area contributed by atoms with Crippen LogP contribution >= 0.6 is 0 Å². The van der Waals surface area contributed by atoms with E-state index in [0.29, 0.717) is 11.5 Å². The van der Waals surface area contributed by atoms with Crippen LogP contribution in [0.5, 0.6) is 0 Å². The van der Waals surface area contributed by atoms with Crippen molar-refractivity contribution < 1.29 is 9.18 Å². The lowest BCUT2D eigenvalue weighted by Crippen LogP contribution is -2.32. The minimum Gasteiger partial charge on any atom is -0.385 e. The fourth-order valence-electron chi connectivity index (χ4n) is 3.91. The Morgan fingerprint density at radius 1 is 1.35 bits per heavy atom. The van der Waals surface area contributed by atoms with E-state index in [2.05, 4.69) is 10.6 Å². The highest BCUT2D eigenvalue weighted by molar-refractivity contribution is 5.99. The number of rotatable bonds is 4. The summed E-state index contributed by atoms with van der Waals surface area (Å²) in [6.45, 7) is 0.722. The highest BCUT2D eigenvalue weighted by atomic mass is 19.1. The van der Waals surface area contributed by atoms with Crippen molar-refractivity contribution in [3.8, 4) is 0 Å². The first-order valence-electron chi connectivity index (χ1n) is 7.43. The van der Waals surface area contributed by atoms with Crippen molar-refractivity contribution in [2.75, 3.05) is 18.9 Å². The molecule has 2 N–H and O–H groups in total. The Morgan fingerprint density at radius 2 is 2.20 bits per heavy atom. The lowest BCUT2D eigenvalue weighted by atomic mass is 9.89. The highest BCUT2D eigenvalue weighted by Crippen LogP contribution is 2.47. The van der Waals surface area contributed by atoms with E-state index in [9.17, 15) is 9.18 Å². The molecule has 0 aromatic heterocycles. The largest absolute Gasteiger partial charge is 0.385 e. The Kier molecular flexibility index (Phi) is 3.64. The van der Waals surface area contributed by atoms with Gasteiger partial charge in [-0.2, -0.15) is 0 Å². The second-order valence-corrected chi connectivity index (χ2v) is 6.06. The molecule has 1 amide bonds. The molecule has 0 saturated heterocycles. The van der Waals surface area contributed by atoms with Gasteiger partial charge in [0.25, 0.3) is 5.91 Å². The number of carbonyl (C=O) groups excluding carboxylic acids is 1. The molecule has 2 aliphatic carbocycles. The maximum Gasteiger partial charge on any atom is 0.253 e. The Bertz CT molecular complexity index is 517. The van der Waals surface area contributed by atoms with E-state index in [1.54, 1.807) is 19.2 Å².